The van der Waals surface area contributed by atoms with Gasteiger partial charge in [-0.15, -0.1) is 0 Å². The van der Waals surface area contributed by atoms with E-state index < -0.39 is 11.9 Å². The summed E-state index contributed by atoms with van der Waals surface area (Å²) in [7, 11) is 4.22. The molecule has 2 aromatic heterocycles. The first-order valence-corrected chi connectivity index (χ1v) is 12.8. The molecular formula is C30H32N4O4. The Balaban J connectivity index is 1.18. The third-order valence-corrected chi connectivity index (χ3v) is 6.72. The maximum Gasteiger partial charge on any atom is 0.331 e. The summed E-state index contributed by atoms with van der Waals surface area (Å²) in [4.78, 5) is 36.9. The van der Waals surface area contributed by atoms with Gasteiger partial charge in [-0.3, -0.25) is 19.8 Å². The molecule has 0 aliphatic carbocycles. The fourth-order valence-electron chi connectivity index (χ4n) is 4.80. The lowest BCUT2D eigenvalue weighted by atomic mass is 10.1. The molecule has 0 bridgehead atoms. The third kappa shape index (κ3) is 7.76. The molecule has 0 radical (unpaired) electrons. The van der Waals surface area contributed by atoms with Crippen LogP contribution in [0, 0.1) is 23.7 Å². The van der Waals surface area contributed by atoms with Crippen LogP contribution < -0.4 is 0 Å². The SMILES string of the molecule is CN1CCCC1c1cncc(C#CCOC(=O)/C=C/C(=O)OCC#Cc2cncc(C3CCCN3C)c2)c1. The van der Waals surface area contributed by atoms with Crippen molar-refractivity contribution in [1.82, 2.24) is 19.8 Å². The summed E-state index contributed by atoms with van der Waals surface area (Å²) in [6, 6.07) is 4.78. The summed E-state index contributed by atoms with van der Waals surface area (Å²) in [6.07, 6.45) is 13.7. The molecule has 196 valence electrons. The first-order valence-electron chi connectivity index (χ1n) is 12.8. The summed E-state index contributed by atoms with van der Waals surface area (Å²) >= 11 is 0. The van der Waals surface area contributed by atoms with E-state index in [9.17, 15) is 9.59 Å². The van der Waals surface area contributed by atoms with Crippen molar-refractivity contribution in [2.45, 2.75) is 37.8 Å². The van der Waals surface area contributed by atoms with Crippen molar-refractivity contribution < 1.29 is 19.1 Å². The van der Waals surface area contributed by atoms with Gasteiger partial charge in [-0.1, -0.05) is 23.7 Å². The molecule has 0 saturated carbocycles. The van der Waals surface area contributed by atoms with Crippen LogP contribution in [0.4, 0.5) is 0 Å². The molecule has 4 heterocycles. The van der Waals surface area contributed by atoms with Crippen molar-refractivity contribution in [3.8, 4) is 23.7 Å². The number of rotatable bonds is 6. The molecule has 2 aliphatic rings. The van der Waals surface area contributed by atoms with E-state index in [1.807, 2.05) is 24.5 Å². The lowest BCUT2D eigenvalue weighted by molar-refractivity contribution is -0.139. The minimum absolute atomic E-state index is 0.0962. The molecule has 2 aromatic rings. The molecular weight excluding hydrogens is 480 g/mol. The van der Waals surface area contributed by atoms with Gasteiger partial charge >= 0.3 is 11.9 Å². The van der Waals surface area contributed by atoms with Crippen LogP contribution in [-0.4, -0.2) is 72.1 Å². The van der Waals surface area contributed by atoms with Gasteiger partial charge in [0.25, 0.3) is 0 Å². The Labute approximate surface area is 224 Å². The molecule has 8 heteroatoms. The van der Waals surface area contributed by atoms with E-state index in [-0.39, 0.29) is 13.2 Å². The number of aromatic nitrogens is 2. The summed E-state index contributed by atoms with van der Waals surface area (Å²) in [5, 5.41) is 0. The molecule has 0 N–H and O–H groups in total. The van der Waals surface area contributed by atoms with Crippen molar-refractivity contribution in [1.29, 1.82) is 0 Å². The summed E-state index contributed by atoms with van der Waals surface area (Å²) in [5.74, 6) is 10.2. The monoisotopic (exact) mass is 512 g/mol. The maximum absolute atomic E-state index is 11.9. The number of nitrogens with zero attached hydrogens (tertiary/aromatic N) is 4. The Bertz CT molecular complexity index is 1200. The number of pyridine rings is 2. The van der Waals surface area contributed by atoms with Crippen molar-refractivity contribution in [2.24, 2.45) is 0 Å². The molecule has 4 rings (SSSR count). The summed E-state index contributed by atoms with van der Waals surface area (Å²) in [6.45, 7) is 1.97. The van der Waals surface area contributed by atoms with E-state index >= 15 is 0 Å². The van der Waals surface area contributed by atoms with Crippen LogP contribution in [0.1, 0.15) is 60.0 Å². The fraction of sp³-hybridized carbons (Fsp3) is 0.400. The zero-order chi connectivity index (χ0) is 26.7. The largest absolute Gasteiger partial charge is 0.449 e. The Morgan fingerprint density at radius 3 is 1.66 bits per heavy atom. The number of carbonyl (C=O) groups excluding carboxylic acids is 2. The Hall–Kier alpha value is -3.98. The van der Waals surface area contributed by atoms with Crippen molar-refractivity contribution in [2.75, 3.05) is 40.4 Å². The predicted octanol–water partition coefficient (Wildman–Crippen LogP) is 3.06. The number of esters is 2. The zero-order valence-corrected chi connectivity index (χ0v) is 21.9. The Morgan fingerprint density at radius 2 is 1.26 bits per heavy atom. The number of hydrogen-bond acceptors (Lipinski definition) is 8. The number of ether oxygens (including phenoxy) is 2. The van der Waals surface area contributed by atoms with Gasteiger partial charge in [-0.25, -0.2) is 9.59 Å². The van der Waals surface area contributed by atoms with Crippen LogP contribution in [0.2, 0.25) is 0 Å². The number of carbonyl (C=O) groups is 2. The molecule has 0 aromatic carbocycles. The second-order valence-electron chi connectivity index (χ2n) is 9.44. The molecule has 0 spiro atoms. The minimum atomic E-state index is -0.679. The third-order valence-electron chi connectivity index (χ3n) is 6.72. The smallest absolute Gasteiger partial charge is 0.331 e. The molecule has 2 saturated heterocycles. The van der Waals surface area contributed by atoms with E-state index in [4.69, 9.17) is 9.47 Å². The highest BCUT2D eigenvalue weighted by molar-refractivity contribution is 5.91. The van der Waals surface area contributed by atoms with Crippen LogP contribution in [0.25, 0.3) is 0 Å². The number of hydrogen-bond donors (Lipinski definition) is 0. The van der Waals surface area contributed by atoms with Gasteiger partial charge in [0, 0.05) is 60.1 Å². The fourth-order valence-corrected chi connectivity index (χ4v) is 4.80. The second-order valence-corrected chi connectivity index (χ2v) is 9.44. The van der Waals surface area contributed by atoms with Crippen LogP contribution >= 0.6 is 0 Å². The highest BCUT2D eigenvalue weighted by atomic mass is 16.5. The minimum Gasteiger partial charge on any atom is -0.449 e. The standard InChI is InChI=1S/C30H32N4O4/c1-33-13-3-9-27(33)25-17-23(19-31-21-25)7-5-15-37-29(35)11-12-30(36)38-16-6-8-24-18-26(22-32-20-24)28-10-4-14-34(28)2/h11-12,17-22,27-28H,3-4,9-10,13-16H2,1-2H3/b12-11+. The quantitative estimate of drug-likeness (QED) is 0.332. The zero-order valence-electron chi connectivity index (χ0n) is 21.9. The van der Waals surface area contributed by atoms with Crippen molar-refractivity contribution >= 4 is 11.9 Å². The molecule has 2 atom stereocenters. The number of likely N-dealkylation sites (tertiary alicyclic amines) is 2. The van der Waals surface area contributed by atoms with E-state index in [1.165, 1.54) is 12.8 Å². The van der Waals surface area contributed by atoms with Gasteiger partial charge in [0.15, 0.2) is 13.2 Å². The molecule has 2 aliphatic heterocycles. The van der Waals surface area contributed by atoms with Gasteiger partial charge in [0.05, 0.1) is 0 Å². The topological polar surface area (TPSA) is 84.9 Å². The highest BCUT2D eigenvalue weighted by Gasteiger charge is 2.23. The first kappa shape index (κ1) is 27.1. The van der Waals surface area contributed by atoms with Gasteiger partial charge in [0.2, 0.25) is 0 Å². The van der Waals surface area contributed by atoms with Crippen molar-refractivity contribution in [3.05, 3.63) is 71.3 Å². The molecule has 38 heavy (non-hydrogen) atoms. The first-order chi connectivity index (χ1) is 18.5. The van der Waals surface area contributed by atoms with E-state index in [2.05, 4.69) is 57.5 Å². The molecule has 0 amide bonds. The van der Waals surface area contributed by atoms with Crippen LogP contribution in [0.3, 0.4) is 0 Å². The molecule has 2 fully saturated rings. The van der Waals surface area contributed by atoms with Crippen LogP contribution in [-0.2, 0) is 19.1 Å². The van der Waals surface area contributed by atoms with Gasteiger partial charge in [-0.05, 0) is 76.1 Å². The maximum atomic E-state index is 11.9. The van der Waals surface area contributed by atoms with Crippen molar-refractivity contribution in [3.63, 3.8) is 0 Å². The Kier molecular flexibility index (Phi) is 9.64. The average Bonchev–Trinajstić information content (AvgIpc) is 3.56. The second kappa shape index (κ2) is 13.5. The normalized spacial score (nSPS) is 19.4. The van der Waals surface area contributed by atoms with Gasteiger partial charge in [-0.2, -0.15) is 0 Å². The highest BCUT2D eigenvalue weighted by Crippen LogP contribution is 2.30. The van der Waals surface area contributed by atoms with Gasteiger partial charge < -0.3 is 9.47 Å². The predicted molar refractivity (Wildman–Crippen MR) is 142 cm³/mol. The average molecular weight is 513 g/mol. The molecule has 2 unspecified atom stereocenters. The Morgan fingerprint density at radius 1 is 0.816 bits per heavy atom. The lowest BCUT2D eigenvalue weighted by Crippen LogP contribution is -2.17. The molecule has 8 nitrogen and oxygen atoms in total. The van der Waals surface area contributed by atoms with Crippen LogP contribution in [0.15, 0.2) is 49.1 Å². The van der Waals surface area contributed by atoms with E-state index in [1.54, 1.807) is 12.4 Å². The van der Waals surface area contributed by atoms with E-state index in [0.29, 0.717) is 12.1 Å². The van der Waals surface area contributed by atoms with Gasteiger partial charge in [0.1, 0.15) is 0 Å². The summed E-state index contributed by atoms with van der Waals surface area (Å²) < 4.78 is 10.1. The van der Waals surface area contributed by atoms with Crippen LogP contribution in [0.5, 0.6) is 0 Å². The summed E-state index contributed by atoms with van der Waals surface area (Å²) in [5.41, 5.74) is 3.82. The lowest BCUT2D eigenvalue weighted by Gasteiger charge is -2.19. The van der Waals surface area contributed by atoms with E-state index in [0.717, 1.165) is 60.3 Å².